The third-order valence-electron chi connectivity index (χ3n) is 23.2. The van der Waals surface area contributed by atoms with E-state index in [1.54, 1.807) is 0 Å². The monoisotopic (exact) mass is 1150 g/mol. The van der Waals surface area contributed by atoms with Crippen molar-refractivity contribution < 1.29 is 0 Å². The number of benzene rings is 8. The SMILES string of the molecule is CC(C)(C)c1ccc(N2c3cc(N4c5ccc(-c6ccccn6)cc5C5(C)CCc6ccccc6C45C)ccc3B3c4cc5c(cc4N(c4ccc6c(c4)C(C)(C)CCC6(C)C)c4cc(C(C)(C)C)cc2c43)C(C)(C)CCC5(C)C)c(-c2ccccc2)c1. The minimum Gasteiger partial charge on any atom is -0.330 e. The van der Waals surface area contributed by atoms with Crippen LogP contribution in [0.4, 0.5) is 45.5 Å². The van der Waals surface area contributed by atoms with E-state index in [4.69, 9.17) is 4.98 Å². The summed E-state index contributed by atoms with van der Waals surface area (Å²) in [6.07, 6.45) is 8.62. The zero-order valence-electron chi connectivity index (χ0n) is 55.4. The molecule has 0 spiro atoms. The number of anilines is 8. The number of rotatable bonds is 5. The van der Waals surface area contributed by atoms with E-state index >= 15 is 0 Å². The molecular weight excluding hydrogens is 1060 g/mol. The number of hydrogen-bond acceptors (Lipinski definition) is 4. The van der Waals surface area contributed by atoms with Gasteiger partial charge in [-0.3, -0.25) is 4.98 Å². The summed E-state index contributed by atoms with van der Waals surface area (Å²) < 4.78 is 0. The molecule has 9 aromatic rings. The van der Waals surface area contributed by atoms with E-state index in [2.05, 4.69) is 289 Å². The van der Waals surface area contributed by atoms with Gasteiger partial charge in [-0.25, -0.2) is 0 Å². The second kappa shape index (κ2) is 19.0. The molecule has 1 aromatic heterocycles. The smallest absolute Gasteiger partial charge is 0.252 e. The van der Waals surface area contributed by atoms with Gasteiger partial charge in [-0.15, -0.1) is 0 Å². The second-order valence-electron chi connectivity index (χ2n) is 32.4. The Balaban J connectivity index is 1.07. The van der Waals surface area contributed by atoms with Crippen molar-refractivity contribution in [2.45, 2.75) is 193 Å². The first-order chi connectivity index (χ1) is 41.6. The summed E-state index contributed by atoms with van der Waals surface area (Å²) in [6, 6.07) is 67.5. The number of nitrogens with zero attached hydrogens (tertiary/aromatic N) is 4. The maximum atomic E-state index is 4.91. The first-order valence-electron chi connectivity index (χ1n) is 33.0. The fourth-order valence-electron chi connectivity index (χ4n) is 17.3. The number of aromatic nitrogens is 1. The van der Waals surface area contributed by atoms with Gasteiger partial charge >= 0.3 is 0 Å². The van der Waals surface area contributed by atoms with E-state index in [1.807, 2.05) is 12.3 Å². The molecule has 0 bridgehead atoms. The predicted molar refractivity (Wildman–Crippen MR) is 375 cm³/mol. The van der Waals surface area contributed by atoms with E-state index in [0.717, 1.165) is 43.4 Å². The van der Waals surface area contributed by atoms with E-state index in [1.165, 1.54) is 130 Å². The van der Waals surface area contributed by atoms with Crippen LogP contribution in [0.3, 0.4) is 0 Å². The summed E-state index contributed by atoms with van der Waals surface area (Å²) >= 11 is 0. The molecule has 5 heteroatoms. The zero-order valence-corrected chi connectivity index (χ0v) is 55.4. The zero-order chi connectivity index (χ0) is 61.6. The van der Waals surface area contributed by atoms with Crippen molar-refractivity contribution in [2.75, 3.05) is 14.7 Å². The molecule has 6 aliphatic rings. The van der Waals surface area contributed by atoms with Gasteiger partial charge in [0, 0.05) is 62.6 Å². The molecule has 0 radical (unpaired) electrons. The largest absolute Gasteiger partial charge is 0.330 e. The highest BCUT2D eigenvalue weighted by molar-refractivity contribution is 7.00. The normalized spacial score (nSPS) is 21.3. The fourth-order valence-corrected chi connectivity index (χ4v) is 17.3. The average Bonchev–Trinajstić information content (AvgIpc) is 1.52. The van der Waals surface area contributed by atoms with Crippen molar-refractivity contribution in [1.29, 1.82) is 0 Å². The van der Waals surface area contributed by atoms with Gasteiger partial charge in [-0.2, -0.15) is 0 Å². The number of fused-ring (bicyclic) bond motifs is 11. The minimum atomic E-state index is -0.428. The number of aryl methyl sites for hydroxylation is 1. The van der Waals surface area contributed by atoms with E-state index in [-0.39, 0.29) is 44.6 Å². The summed E-state index contributed by atoms with van der Waals surface area (Å²) in [5.41, 5.74) is 30.8. The van der Waals surface area contributed by atoms with Gasteiger partial charge in [-0.05, 0) is 229 Å². The Hall–Kier alpha value is -7.63. The standard InChI is InChI=1S/C83H89BN4/c1-76(2,3)55-30-36-69(59(45-55)52-24-18-17-19-25-52)87-71-49-58(88-70-35-29-54(68-28-22-23-43-85-68)44-65(70)82(15)38-37-53-26-20-21-27-60(53)83(82,88)16)32-34-66(71)84-67-50-63-64(81(13,14)42-41-80(63,11)12)51-72(67)86(73-46-56(77(4,5)6)47-74(87)75(73)84)57-31-33-61-62(48-57)79(9,10)40-39-78(61,7)8/h17-36,43-51H,37-42H2,1-16H3. The third kappa shape index (κ3) is 8.26. The number of pyridine rings is 1. The Morgan fingerprint density at radius 1 is 0.398 bits per heavy atom. The van der Waals surface area contributed by atoms with Crippen LogP contribution in [0.5, 0.6) is 0 Å². The highest BCUT2D eigenvalue weighted by Gasteiger charge is 2.60. The van der Waals surface area contributed by atoms with Gasteiger partial charge in [0.05, 0.1) is 16.9 Å². The van der Waals surface area contributed by atoms with Crippen molar-refractivity contribution in [3.63, 3.8) is 0 Å². The highest BCUT2D eigenvalue weighted by Crippen LogP contribution is 2.65. The van der Waals surface area contributed by atoms with Crippen molar-refractivity contribution >= 4 is 68.6 Å². The Bertz CT molecular complexity index is 4360. The minimum absolute atomic E-state index is 0.00207. The lowest BCUT2D eigenvalue weighted by molar-refractivity contribution is 0.245. The van der Waals surface area contributed by atoms with Crippen molar-refractivity contribution in [3.05, 3.63) is 226 Å². The summed E-state index contributed by atoms with van der Waals surface area (Å²) in [5.74, 6) is 0. The molecule has 3 aliphatic carbocycles. The Morgan fingerprint density at radius 3 is 1.68 bits per heavy atom. The van der Waals surface area contributed by atoms with Crippen LogP contribution in [0.25, 0.3) is 22.4 Å². The van der Waals surface area contributed by atoms with Crippen LogP contribution in [-0.4, -0.2) is 11.7 Å². The van der Waals surface area contributed by atoms with Crippen LogP contribution >= 0.6 is 0 Å². The molecule has 0 N–H and O–H groups in total. The molecule has 4 nitrogen and oxygen atoms in total. The molecule has 88 heavy (non-hydrogen) atoms. The Kier molecular flexibility index (Phi) is 12.2. The van der Waals surface area contributed by atoms with Gasteiger partial charge in [0.2, 0.25) is 0 Å². The lowest BCUT2D eigenvalue weighted by Crippen LogP contribution is -2.62. The summed E-state index contributed by atoms with van der Waals surface area (Å²) in [6.45, 7) is 39.3. The molecule has 2 atom stereocenters. The lowest BCUT2D eigenvalue weighted by atomic mass is 9.33. The molecule has 0 fully saturated rings. The first kappa shape index (κ1) is 56.9. The molecule has 2 unspecified atom stereocenters. The average molecular weight is 1150 g/mol. The maximum Gasteiger partial charge on any atom is 0.252 e. The van der Waals surface area contributed by atoms with Crippen LogP contribution in [0.1, 0.15) is 193 Å². The molecule has 4 heterocycles. The highest BCUT2D eigenvalue weighted by atomic mass is 15.3. The molecule has 0 saturated heterocycles. The molecule has 8 aromatic carbocycles. The van der Waals surface area contributed by atoms with E-state index in [9.17, 15) is 0 Å². The Labute approximate surface area is 526 Å². The van der Waals surface area contributed by atoms with Gasteiger partial charge in [-0.1, -0.05) is 195 Å². The summed E-state index contributed by atoms with van der Waals surface area (Å²) in [5, 5.41) is 0. The summed E-state index contributed by atoms with van der Waals surface area (Å²) in [4.78, 5) is 13.2. The molecule has 444 valence electrons. The maximum absolute atomic E-state index is 4.91. The van der Waals surface area contributed by atoms with Crippen LogP contribution in [0.15, 0.2) is 176 Å². The quantitative estimate of drug-likeness (QED) is 0.160. The van der Waals surface area contributed by atoms with Gasteiger partial charge in [0.1, 0.15) is 0 Å². The van der Waals surface area contributed by atoms with Gasteiger partial charge < -0.3 is 14.7 Å². The van der Waals surface area contributed by atoms with E-state index in [0.29, 0.717) is 0 Å². The lowest BCUT2D eigenvalue weighted by Gasteiger charge is -2.51. The predicted octanol–water partition coefficient (Wildman–Crippen LogP) is 20.1. The van der Waals surface area contributed by atoms with Crippen molar-refractivity contribution in [1.82, 2.24) is 4.98 Å². The molecular formula is C83H89BN4. The third-order valence-corrected chi connectivity index (χ3v) is 23.2. The van der Waals surface area contributed by atoms with Crippen LogP contribution in [0.2, 0.25) is 0 Å². The van der Waals surface area contributed by atoms with Gasteiger partial charge in [0.25, 0.3) is 6.71 Å². The van der Waals surface area contributed by atoms with E-state index < -0.39 is 5.54 Å². The van der Waals surface area contributed by atoms with Crippen LogP contribution in [0, 0.1) is 0 Å². The molecule has 0 saturated carbocycles. The topological polar surface area (TPSA) is 22.6 Å². The van der Waals surface area contributed by atoms with Crippen LogP contribution < -0.4 is 31.1 Å². The fraction of sp³-hybridized carbons (Fsp3) is 0.361. The van der Waals surface area contributed by atoms with Crippen molar-refractivity contribution in [2.24, 2.45) is 0 Å². The molecule has 15 rings (SSSR count). The molecule has 0 amide bonds. The summed E-state index contributed by atoms with van der Waals surface area (Å²) in [7, 11) is 0. The molecule has 3 aliphatic heterocycles. The van der Waals surface area contributed by atoms with Crippen molar-refractivity contribution in [3.8, 4) is 22.4 Å². The van der Waals surface area contributed by atoms with Crippen LogP contribution in [-0.2, 0) is 49.9 Å². The first-order valence-corrected chi connectivity index (χ1v) is 33.0. The second-order valence-corrected chi connectivity index (χ2v) is 32.4. The Morgan fingerprint density at radius 2 is 1.00 bits per heavy atom. The van der Waals surface area contributed by atoms with Gasteiger partial charge in [0.15, 0.2) is 0 Å². The number of hydrogen-bond donors (Lipinski definition) is 0.